The van der Waals surface area contributed by atoms with E-state index in [1.165, 1.54) is 5.56 Å². The lowest BCUT2D eigenvalue weighted by molar-refractivity contribution is 0.129. The molecule has 0 spiro atoms. The molecule has 3 nitrogen and oxygen atoms in total. The molecule has 0 heterocycles. The van der Waals surface area contributed by atoms with Gasteiger partial charge in [-0.15, -0.1) is 0 Å². The largest absolute Gasteiger partial charge is 0.396 e. The first-order valence-electron chi connectivity index (χ1n) is 6.84. The van der Waals surface area contributed by atoms with Crippen LogP contribution in [0.1, 0.15) is 30.7 Å². The van der Waals surface area contributed by atoms with E-state index in [2.05, 4.69) is 17.4 Å². The highest BCUT2D eigenvalue weighted by molar-refractivity contribution is 6.30. The normalized spacial score (nSPS) is 23.9. The van der Waals surface area contributed by atoms with Crippen LogP contribution in [-0.4, -0.2) is 37.5 Å². The van der Waals surface area contributed by atoms with Gasteiger partial charge in [0.15, 0.2) is 0 Å². The van der Waals surface area contributed by atoms with E-state index in [0.29, 0.717) is 18.6 Å². The Hall–Kier alpha value is -0.610. The van der Waals surface area contributed by atoms with Crippen molar-refractivity contribution in [2.75, 3.05) is 20.3 Å². The maximum atomic E-state index is 9.01. The highest BCUT2D eigenvalue weighted by Crippen LogP contribution is 2.37. The van der Waals surface area contributed by atoms with Gasteiger partial charge in [0, 0.05) is 30.8 Å². The minimum Gasteiger partial charge on any atom is -0.396 e. The van der Waals surface area contributed by atoms with Gasteiger partial charge in [-0.05, 0) is 42.9 Å². The lowest BCUT2D eigenvalue weighted by atomic mass is 9.75. The molecule has 106 valence electrons. The second kappa shape index (κ2) is 7.25. The molecule has 1 saturated carbocycles. The van der Waals surface area contributed by atoms with Gasteiger partial charge in [0.05, 0.1) is 6.61 Å². The first-order valence-corrected chi connectivity index (χ1v) is 7.22. The zero-order valence-corrected chi connectivity index (χ0v) is 12.1. The molecule has 1 fully saturated rings. The van der Waals surface area contributed by atoms with E-state index in [0.717, 1.165) is 24.3 Å². The van der Waals surface area contributed by atoms with Gasteiger partial charge in [-0.1, -0.05) is 23.7 Å². The number of ether oxygens (including phenoxy) is 1. The SMILES string of the molecule is COCC(CCO)NC1CC(c2ccc(Cl)cc2)C1. The Balaban J connectivity index is 1.77. The number of benzene rings is 1. The number of hydrogen-bond donors (Lipinski definition) is 2. The molecule has 2 N–H and O–H groups in total. The van der Waals surface area contributed by atoms with Crippen molar-refractivity contribution in [1.29, 1.82) is 0 Å². The van der Waals surface area contributed by atoms with E-state index >= 15 is 0 Å². The Morgan fingerprint density at radius 2 is 2.05 bits per heavy atom. The molecule has 0 saturated heterocycles. The smallest absolute Gasteiger partial charge is 0.0616 e. The van der Waals surface area contributed by atoms with Crippen molar-refractivity contribution >= 4 is 11.6 Å². The van der Waals surface area contributed by atoms with Crippen molar-refractivity contribution in [2.24, 2.45) is 0 Å². The Morgan fingerprint density at radius 3 is 2.63 bits per heavy atom. The van der Waals surface area contributed by atoms with Crippen molar-refractivity contribution in [3.8, 4) is 0 Å². The van der Waals surface area contributed by atoms with Crippen molar-refractivity contribution < 1.29 is 9.84 Å². The molecule has 4 heteroatoms. The highest BCUT2D eigenvalue weighted by Gasteiger charge is 2.31. The standard InChI is InChI=1S/C15H22ClNO2/c1-19-10-14(6-7-18)17-15-8-12(9-15)11-2-4-13(16)5-3-11/h2-5,12,14-15,17-18H,6-10H2,1H3. The van der Waals surface area contributed by atoms with Crippen LogP contribution in [0.4, 0.5) is 0 Å². The summed E-state index contributed by atoms with van der Waals surface area (Å²) >= 11 is 5.89. The van der Waals surface area contributed by atoms with Crippen LogP contribution in [0.2, 0.25) is 5.02 Å². The Kier molecular flexibility index (Phi) is 5.64. The molecule has 2 rings (SSSR count). The van der Waals surface area contributed by atoms with Gasteiger partial charge in [-0.3, -0.25) is 0 Å². The van der Waals surface area contributed by atoms with Crippen LogP contribution in [0.5, 0.6) is 0 Å². The first-order chi connectivity index (χ1) is 9.22. The zero-order valence-electron chi connectivity index (χ0n) is 11.3. The van der Waals surface area contributed by atoms with Crippen molar-refractivity contribution in [3.63, 3.8) is 0 Å². The fraction of sp³-hybridized carbons (Fsp3) is 0.600. The van der Waals surface area contributed by atoms with Crippen LogP contribution in [-0.2, 0) is 4.74 Å². The third kappa shape index (κ3) is 4.18. The molecule has 1 aromatic rings. The quantitative estimate of drug-likeness (QED) is 0.808. The van der Waals surface area contributed by atoms with Crippen molar-refractivity contribution in [1.82, 2.24) is 5.32 Å². The third-order valence-corrected chi connectivity index (χ3v) is 4.05. The molecule has 0 bridgehead atoms. The topological polar surface area (TPSA) is 41.5 Å². The number of hydrogen-bond acceptors (Lipinski definition) is 3. The van der Waals surface area contributed by atoms with Crippen LogP contribution < -0.4 is 5.32 Å². The van der Waals surface area contributed by atoms with Gasteiger partial charge in [-0.2, -0.15) is 0 Å². The Bertz CT molecular complexity index is 370. The second-order valence-electron chi connectivity index (χ2n) is 5.25. The summed E-state index contributed by atoms with van der Waals surface area (Å²) in [5.41, 5.74) is 1.37. The van der Waals surface area contributed by atoms with Crippen LogP contribution in [0.25, 0.3) is 0 Å². The van der Waals surface area contributed by atoms with Crippen molar-refractivity contribution in [3.05, 3.63) is 34.9 Å². The summed E-state index contributed by atoms with van der Waals surface area (Å²) in [5, 5.41) is 13.4. The number of rotatable bonds is 7. The van der Waals surface area contributed by atoms with Crippen LogP contribution in [0.15, 0.2) is 24.3 Å². The van der Waals surface area contributed by atoms with E-state index in [4.69, 9.17) is 21.4 Å². The van der Waals surface area contributed by atoms with Crippen LogP contribution in [0.3, 0.4) is 0 Å². The van der Waals surface area contributed by atoms with E-state index in [9.17, 15) is 0 Å². The molecule has 1 aliphatic carbocycles. The van der Waals surface area contributed by atoms with Gasteiger partial charge < -0.3 is 15.2 Å². The van der Waals surface area contributed by atoms with E-state index in [1.54, 1.807) is 7.11 Å². The maximum absolute atomic E-state index is 9.01. The lowest BCUT2D eigenvalue weighted by Gasteiger charge is -2.38. The highest BCUT2D eigenvalue weighted by atomic mass is 35.5. The number of methoxy groups -OCH3 is 1. The second-order valence-corrected chi connectivity index (χ2v) is 5.68. The monoisotopic (exact) mass is 283 g/mol. The van der Waals surface area contributed by atoms with Gasteiger partial charge in [0.1, 0.15) is 0 Å². The average molecular weight is 284 g/mol. The van der Waals surface area contributed by atoms with Gasteiger partial charge in [0.2, 0.25) is 0 Å². The molecule has 19 heavy (non-hydrogen) atoms. The molecule has 1 unspecified atom stereocenters. The summed E-state index contributed by atoms with van der Waals surface area (Å²) < 4.78 is 5.16. The third-order valence-electron chi connectivity index (χ3n) is 3.80. The van der Waals surface area contributed by atoms with Crippen LogP contribution >= 0.6 is 11.6 Å². The molecule has 1 aliphatic rings. The van der Waals surface area contributed by atoms with Gasteiger partial charge >= 0.3 is 0 Å². The fourth-order valence-corrected chi connectivity index (χ4v) is 2.79. The zero-order chi connectivity index (χ0) is 13.7. The van der Waals surface area contributed by atoms with Crippen LogP contribution in [0, 0.1) is 0 Å². The molecule has 1 aromatic carbocycles. The first kappa shape index (κ1) is 14.8. The summed E-state index contributed by atoms with van der Waals surface area (Å²) in [6.07, 6.45) is 3.04. The van der Waals surface area contributed by atoms with Gasteiger partial charge in [-0.25, -0.2) is 0 Å². The molecular formula is C15H22ClNO2. The van der Waals surface area contributed by atoms with E-state index in [-0.39, 0.29) is 12.6 Å². The summed E-state index contributed by atoms with van der Waals surface area (Å²) in [6.45, 7) is 0.858. The predicted octanol–water partition coefficient (Wildman–Crippen LogP) is 2.57. The summed E-state index contributed by atoms with van der Waals surface area (Å²) in [5.74, 6) is 0.632. The molecule has 0 amide bonds. The van der Waals surface area contributed by atoms with E-state index in [1.807, 2.05) is 12.1 Å². The van der Waals surface area contributed by atoms with E-state index < -0.39 is 0 Å². The Morgan fingerprint density at radius 1 is 1.37 bits per heavy atom. The lowest BCUT2D eigenvalue weighted by Crippen LogP contribution is -2.47. The molecule has 0 radical (unpaired) electrons. The van der Waals surface area contributed by atoms with Crippen molar-refractivity contribution in [2.45, 2.75) is 37.3 Å². The minimum atomic E-state index is 0.203. The number of aliphatic hydroxyl groups is 1. The molecule has 0 aliphatic heterocycles. The minimum absolute atomic E-state index is 0.203. The van der Waals surface area contributed by atoms with Gasteiger partial charge in [0.25, 0.3) is 0 Å². The molecule has 0 aromatic heterocycles. The molecular weight excluding hydrogens is 262 g/mol. The average Bonchev–Trinajstić information content (AvgIpc) is 2.35. The number of halogens is 1. The number of aliphatic hydroxyl groups excluding tert-OH is 1. The molecule has 1 atom stereocenters. The maximum Gasteiger partial charge on any atom is 0.0616 e. The summed E-state index contributed by atoms with van der Waals surface area (Å²) in [4.78, 5) is 0. The Labute approximate surface area is 119 Å². The fourth-order valence-electron chi connectivity index (χ4n) is 2.67. The summed E-state index contributed by atoms with van der Waals surface area (Å²) in [6, 6.07) is 8.93. The predicted molar refractivity (Wildman–Crippen MR) is 77.7 cm³/mol. The summed E-state index contributed by atoms with van der Waals surface area (Å²) in [7, 11) is 1.70. The number of nitrogens with one attached hydrogen (secondary N) is 1.